The van der Waals surface area contributed by atoms with E-state index in [2.05, 4.69) is 78.1 Å². The van der Waals surface area contributed by atoms with Gasteiger partial charge in [0.25, 0.3) is 0 Å². The molecule has 0 saturated heterocycles. The quantitative estimate of drug-likeness (QED) is 0.701. The van der Waals surface area contributed by atoms with Crippen LogP contribution in [-0.2, 0) is 0 Å². The van der Waals surface area contributed by atoms with E-state index in [-0.39, 0.29) is 0 Å². The average molecular weight is 234 g/mol. The lowest BCUT2D eigenvalue weighted by Crippen LogP contribution is -2.24. The molecule has 1 aliphatic heterocycles. The van der Waals surface area contributed by atoms with Gasteiger partial charge in [-0.2, -0.15) is 0 Å². The Bertz CT molecular complexity index is 553. The van der Waals surface area contributed by atoms with Gasteiger partial charge in [-0.15, -0.1) is 0 Å². The van der Waals surface area contributed by atoms with Crippen molar-refractivity contribution in [3.63, 3.8) is 0 Å². The number of allylic oxidation sites excluding steroid dienone is 2. The molecule has 0 nitrogen and oxygen atoms in total. The van der Waals surface area contributed by atoms with Crippen LogP contribution >= 0.6 is 0 Å². The lowest BCUT2D eigenvalue weighted by molar-refractivity contribution is 1.63. The lowest BCUT2D eigenvalue weighted by atomic mass is 10.1. The Labute approximate surface area is 104 Å². The summed E-state index contributed by atoms with van der Waals surface area (Å²) in [6.07, 6.45) is 2.28. The minimum atomic E-state index is -1.01. The van der Waals surface area contributed by atoms with Crippen LogP contribution in [0.5, 0.6) is 0 Å². The molecule has 0 saturated carbocycles. The molecule has 1 atom stereocenters. The predicted molar refractivity (Wildman–Crippen MR) is 76.8 cm³/mol. The monoisotopic (exact) mass is 234 g/mol. The Morgan fingerprint density at radius 1 is 0.706 bits per heavy atom. The summed E-state index contributed by atoms with van der Waals surface area (Å²) in [6, 6.07) is 21.4. The largest absolute Gasteiger partial charge is 0.118 e. The van der Waals surface area contributed by atoms with Crippen molar-refractivity contribution >= 4 is 19.6 Å². The molecule has 1 unspecified atom stereocenters. The summed E-state index contributed by atoms with van der Waals surface area (Å²) in [5.41, 5.74) is 7.57. The van der Waals surface area contributed by atoms with Gasteiger partial charge in [-0.05, 0) is 11.1 Å². The van der Waals surface area contributed by atoms with E-state index in [9.17, 15) is 0 Å². The highest BCUT2D eigenvalue weighted by Gasteiger charge is 2.13. The highest BCUT2D eigenvalue weighted by Crippen LogP contribution is 2.20. The Kier molecular flexibility index (Phi) is 2.76. The molecule has 0 bridgehead atoms. The molecule has 0 fully saturated rings. The first kappa shape index (κ1) is 10.3. The van der Waals surface area contributed by atoms with Crippen LogP contribution in [0.2, 0.25) is 0 Å². The summed E-state index contributed by atoms with van der Waals surface area (Å²) in [4.78, 5) is 0. The molecule has 3 rings (SSSR count). The first-order valence-electron chi connectivity index (χ1n) is 5.94. The fraction of sp³-hybridized carbons (Fsp3) is 0. The topological polar surface area (TPSA) is 0 Å². The van der Waals surface area contributed by atoms with Crippen molar-refractivity contribution in [3.05, 3.63) is 83.7 Å². The van der Waals surface area contributed by atoms with Crippen molar-refractivity contribution in [3.8, 4) is 0 Å². The van der Waals surface area contributed by atoms with Crippen molar-refractivity contribution in [1.29, 1.82) is 0 Å². The Morgan fingerprint density at radius 2 is 1.35 bits per heavy atom. The maximum absolute atomic E-state index is 2.46. The lowest BCUT2D eigenvalue weighted by Gasteiger charge is -2.03. The van der Waals surface area contributed by atoms with Crippen molar-refractivity contribution in [2.45, 2.75) is 0 Å². The van der Waals surface area contributed by atoms with Crippen LogP contribution in [0.1, 0.15) is 5.56 Å². The molecule has 0 spiro atoms. The van der Waals surface area contributed by atoms with E-state index in [1.54, 1.807) is 0 Å². The van der Waals surface area contributed by atoms with Crippen LogP contribution < -0.4 is 5.19 Å². The van der Waals surface area contributed by atoms with Gasteiger partial charge in [0.05, 0.1) is 0 Å². The predicted octanol–water partition coefficient (Wildman–Crippen LogP) is 2.85. The zero-order chi connectivity index (χ0) is 11.5. The van der Waals surface area contributed by atoms with Crippen LogP contribution in [0, 0.1) is 0 Å². The normalized spacial score (nSPS) is 18.1. The van der Waals surface area contributed by atoms with E-state index >= 15 is 0 Å². The summed E-state index contributed by atoms with van der Waals surface area (Å²) >= 11 is 0. The van der Waals surface area contributed by atoms with Gasteiger partial charge in [-0.1, -0.05) is 83.3 Å². The van der Waals surface area contributed by atoms with Gasteiger partial charge < -0.3 is 0 Å². The first-order valence-corrected chi connectivity index (χ1v) is 7.85. The van der Waals surface area contributed by atoms with Gasteiger partial charge in [0, 0.05) is 0 Å². The van der Waals surface area contributed by atoms with Gasteiger partial charge in [-0.3, -0.25) is 0 Å². The molecule has 0 amide bonds. The molecule has 82 valence electrons. The van der Waals surface area contributed by atoms with Gasteiger partial charge in [0.15, 0.2) is 0 Å². The molecule has 0 N–H and O–H groups in total. The molecule has 2 aromatic rings. The van der Waals surface area contributed by atoms with Crippen LogP contribution in [0.15, 0.2) is 78.1 Å². The average Bonchev–Trinajstić information content (AvgIpc) is 2.90. The smallest absolute Gasteiger partial charge is 0.0887 e. The third kappa shape index (κ3) is 2.15. The molecule has 1 aliphatic rings. The second-order valence-electron chi connectivity index (χ2n) is 4.28. The number of hydrogen-bond acceptors (Lipinski definition) is 0. The summed E-state index contributed by atoms with van der Waals surface area (Å²) in [5, 5.41) is 1.50. The second-order valence-corrected chi connectivity index (χ2v) is 6.72. The van der Waals surface area contributed by atoms with E-state index in [0.29, 0.717) is 0 Å². The summed E-state index contributed by atoms with van der Waals surface area (Å²) in [7, 11) is -1.01. The highest BCUT2D eigenvalue weighted by atomic mass is 28.3. The van der Waals surface area contributed by atoms with Crippen molar-refractivity contribution < 1.29 is 0 Å². The van der Waals surface area contributed by atoms with E-state index in [0.717, 1.165) is 0 Å². The Hall–Kier alpha value is -1.86. The van der Waals surface area contributed by atoms with E-state index < -0.39 is 8.80 Å². The SMILES string of the molecule is C1=C[SiH](c2ccccc2)C=C1c1ccccc1. The standard InChI is InChI=1S/C16H14Si/c1-3-7-14(8-4-1)15-11-12-17(13-15)16-9-5-2-6-10-16/h1-13,17H. The third-order valence-electron chi connectivity index (χ3n) is 3.13. The fourth-order valence-electron chi connectivity index (χ4n) is 2.22. The maximum atomic E-state index is 2.46. The van der Waals surface area contributed by atoms with Crippen molar-refractivity contribution in [2.75, 3.05) is 0 Å². The Balaban J connectivity index is 1.91. The van der Waals surface area contributed by atoms with Gasteiger partial charge in [0.1, 0.15) is 8.80 Å². The number of rotatable bonds is 2. The van der Waals surface area contributed by atoms with Gasteiger partial charge >= 0.3 is 0 Å². The maximum Gasteiger partial charge on any atom is 0.118 e. The van der Waals surface area contributed by atoms with Crippen molar-refractivity contribution in [1.82, 2.24) is 0 Å². The number of hydrogen-bond donors (Lipinski definition) is 0. The van der Waals surface area contributed by atoms with Crippen molar-refractivity contribution in [2.24, 2.45) is 0 Å². The molecule has 0 radical (unpaired) electrons. The molecule has 2 aromatic carbocycles. The summed E-state index contributed by atoms with van der Waals surface area (Å²) in [6.45, 7) is 0. The number of benzene rings is 2. The molecule has 1 heterocycles. The van der Waals surface area contributed by atoms with Crippen LogP contribution in [-0.4, -0.2) is 8.80 Å². The first-order chi connectivity index (χ1) is 8.43. The zero-order valence-corrected chi connectivity index (χ0v) is 10.7. The van der Waals surface area contributed by atoms with Crippen LogP contribution in [0.3, 0.4) is 0 Å². The van der Waals surface area contributed by atoms with Crippen LogP contribution in [0.25, 0.3) is 5.57 Å². The molecule has 1 heteroatoms. The summed E-state index contributed by atoms with van der Waals surface area (Å²) in [5.74, 6) is 0. The molecule has 0 aromatic heterocycles. The molecule has 0 aliphatic carbocycles. The fourth-order valence-corrected chi connectivity index (χ4v) is 4.52. The second kappa shape index (κ2) is 4.56. The van der Waals surface area contributed by atoms with E-state index in [1.807, 2.05) is 0 Å². The van der Waals surface area contributed by atoms with Crippen LogP contribution in [0.4, 0.5) is 0 Å². The minimum absolute atomic E-state index is 1.01. The van der Waals surface area contributed by atoms with E-state index in [4.69, 9.17) is 0 Å². The van der Waals surface area contributed by atoms with Gasteiger partial charge in [0.2, 0.25) is 0 Å². The Morgan fingerprint density at radius 3 is 2.06 bits per heavy atom. The minimum Gasteiger partial charge on any atom is -0.0887 e. The summed E-state index contributed by atoms with van der Waals surface area (Å²) < 4.78 is 0. The third-order valence-corrected chi connectivity index (χ3v) is 5.61. The van der Waals surface area contributed by atoms with E-state index in [1.165, 1.54) is 16.3 Å². The molecular formula is C16H14Si. The van der Waals surface area contributed by atoms with Gasteiger partial charge in [-0.25, -0.2) is 0 Å². The highest BCUT2D eigenvalue weighted by molar-refractivity contribution is 6.84. The molecule has 17 heavy (non-hydrogen) atoms. The zero-order valence-electron chi connectivity index (χ0n) is 9.58. The molecular weight excluding hydrogens is 220 g/mol.